The first-order valence-corrected chi connectivity index (χ1v) is 8.16. The number of aryl methyl sites for hydroxylation is 1. The van der Waals surface area contributed by atoms with Crippen molar-refractivity contribution in [2.75, 3.05) is 10.6 Å². The van der Waals surface area contributed by atoms with Crippen LogP contribution in [-0.2, 0) is 7.05 Å². The minimum atomic E-state index is -0.108. The van der Waals surface area contributed by atoms with Crippen molar-refractivity contribution in [3.05, 3.63) is 58.9 Å². The van der Waals surface area contributed by atoms with E-state index < -0.39 is 0 Å². The molecule has 2 N–H and O–H groups in total. The molecule has 7 heteroatoms. The van der Waals surface area contributed by atoms with Crippen LogP contribution in [0.25, 0.3) is 5.52 Å². The SMILES string of the molecule is Cc1cn2cnc(NC(=NC(C)C)Nc3ccccc3)c2c(=O)n1C. The van der Waals surface area contributed by atoms with Gasteiger partial charge in [0.15, 0.2) is 11.3 Å². The number of para-hydroxylation sites is 1. The zero-order valence-corrected chi connectivity index (χ0v) is 14.8. The number of aromatic nitrogens is 3. The normalized spacial score (nSPS) is 12.0. The Bertz CT molecular complexity index is 968. The Morgan fingerprint density at radius 2 is 1.92 bits per heavy atom. The number of anilines is 2. The number of guanidine groups is 1. The van der Waals surface area contributed by atoms with Gasteiger partial charge in [-0.1, -0.05) is 18.2 Å². The maximum Gasteiger partial charge on any atom is 0.278 e. The largest absolute Gasteiger partial charge is 0.326 e. The molecular formula is C18H22N6O. The quantitative estimate of drug-likeness (QED) is 0.569. The number of nitrogens with one attached hydrogen (secondary N) is 2. The Morgan fingerprint density at radius 1 is 1.20 bits per heavy atom. The third kappa shape index (κ3) is 3.55. The zero-order valence-electron chi connectivity index (χ0n) is 14.8. The second-order valence-corrected chi connectivity index (χ2v) is 6.17. The average Bonchev–Trinajstić information content (AvgIpc) is 2.95. The zero-order chi connectivity index (χ0) is 18.0. The Hall–Kier alpha value is -3.09. The van der Waals surface area contributed by atoms with Gasteiger partial charge in [-0.2, -0.15) is 0 Å². The van der Waals surface area contributed by atoms with Crippen LogP contribution in [-0.4, -0.2) is 26.0 Å². The molecule has 0 fully saturated rings. The minimum Gasteiger partial charge on any atom is -0.326 e. The highest BCUT2D eigenvalue weighted by atomic mass is 16.1. The molecule has 0 spiro atoms. The molecule has 2 aromatic heterocycles. The number of aliphatic imine (C=N–C) groups is 1. The molecule has 0 amide bonds. The van der Waals surface area contributed by atoms with Crippen molar-refractivity contribution in [1.29, 1.82) is 0 Å². The molecule has 25 heavy (non-hydrogen) atoms. The first-order valence-electron chi connectivity index (χ1n) is 8.16. The van der Waals surface area contributed by atoms with E-state index in [2.05, 4.69) is 20.6 Å². The van der Waals surface area contributed by atoms with Crippen molar-refractivity contribution in [2.45, 2.75) is 26.8 Å². The van der Waals surface area contributed by atoms with Gasteiger partial charge >= 0.3 is 0 Å². The Morgan fingerprint density at radius 3 is 2.60 bits per heavy atom. The lowest BCUT2D eigenvalue weighted by atomic mass is 10.3. The highest BCUT2D eigenvalue weighted by Gasteiger charge is 2.13. The third-order valence-electron chi connectivity index (χ3n) is 3.82. The summed E-state index contributed by atoms with van der Waals surface area (Å²) in [6.07, 6.45) is 3.50. The first-order chi connectivity index (χ1) is 12.0. The van der Waals surface area contributed by atoms with Gasteiger partial charge in [-0.05, 0) is 32.9 Å². The fourth-order valence-electron chi connectivity index (χ4n) is 2.49. The Kier molecular flexibility index (Phi) is 4.56. The lowest BCUT2D eigenvalue weighted by Gasteiger charge is -2.13. The van der Waals surface area contributed by atoms with Crippen molar-refractivity contribution >= 4 is 23.0 Å². The molecular weight excluding hydrogens is 316 g/mol. The molecule has 0 bridgehead atoms. The van der Waals surface area contributed by atoms with Crippen molar-refractivity contribution in [1.82, 2.24) is 14.0 Å². The van der Waals surface area contributed by atoms with Gasteiger partial charge in [-0.25, -0.2) is 9.98 Å². The highest BCUT2D eigenvalue weighted by Crippen LogP contribution is 2.13. The monoisotopic (exact) mass is 338 g/mol. The molecule has 7 nitrogen and oxygen atoms in total. The first kappa shape index (κ1) is 16.8. The summed E-state index contributed by atoms with van der Waals surface area (Å²) in [5, 5.41) is 6.40. The highest BCUT2D eigenvalue weighted by molar-refractivity contribution is 6.05. The summed E-state index contributed by atoms with van der Waals surface area (Å²) in [5.74, 6) is 1.02. The second kappa shape index (κ2) is 6.80. The summed E-state index contributed by atoms with van der Waals surface area (Å²) >= 11 is 0. The number of nitrogens with zero attached hydrogens (tertiary/aromatic N) is 4. The molecule has 3 aromatic rings. The van der Waals surface area contributed by atoms with E-state index in [0.717, 1.165) is 11.4 Å². The molecule has 0 aliphatic carbocycles. The summed E-state index contributed by atoms with van der Waals surface area (Å²) in [7, 11) is 1.75. The summed E-state index contributed by atoms with van der Waals surface area (Å²) in [5.41, 5.74) is 2.14. The van der Waals surface area contributed by atoms with Crippen LogP contribution in [0.1, 0.15) is 19.5 Å². The maximum absolute atomic E-state index is 12.6. The van der Waals surface area contributed by atoms with Crippen molar-refractivity contribution in [3.8, 4) is 0 Å². The smallest absolute Gasteiger partial charge is 0.278 e. The van der Waals surface area contributed by atoms with Crippen LogP contribution in [0.15, 0.2) is 52.6 Å². The van der Waals surface area contributed by atoms with E-state index in [-0.39, 0.29) is 11.6 Å². The van der Waals surface area contributed by atoms with Crippen LogP contribution in [0.2, 0.25) is 0 Å². The third-order valence-corrected chi connectivity index (χ3v) is 3.82. The van der Waals surface area contributed by atoms with Crippen molar-refractivity contribution in [3.63, 3.8) is 0 Å². The number of fused-ring (bicyclic) bond motifs is 1. The molecule has 0 aliphatic heterocycles. The number of rotatable bonds is 3. The summed E-state index contributed by atoms with van der Waals surface area (Å²) in [6, 6.07) is 9.82. The van der Waals surface area contributed by atoms with Crippen molar-refractivity contribution in [2.24, 2.45) is 12.0 Å². The van der Waals surface area contributed by atoms with Gasteiger partial charge in [0.25, 0.3) is 5.56 Å². The number of benzene rings is 1. The van der Waals surface area contributed by atoms with Gasteiger partial charge in [0, 0.05) is 30.7 Å². The average molecular weight is 338 g/mol. The van der Waals surface area contributed by atoms with E-state index in [0.29, 0.717) is 17.3 Å². The molecule has 0 saturated carbocycles. The Labute approximate surface area is 146 Å². The van der Waals surface area contributed by atoms with Crippen LogP contribution >= 0.6 is 0 Å². The van der Waals surface area contributed by atoms with Crippen LogP contribution < -0.4 is 16.2 Å². The van der Waals surface area contributed by atoms with Crippen LogP contribution in [0, 0.1) is 6.92 Å². The van der Waals surface area contributed by atoms with Crippen molar-refractivity contribution < 1.29 is 0 Å². The molecule has 0 radical (unpaired) electrons. The molecule has 1 aromatic carbocycles. The van der Waals surface area contributed by atoms with Gasteiger partial charge in [0.05, 0.1) is 0 Å². The van der Waals surface area contributed by atoms with Gasteiger partial charge < -0.3 is 15.2 Å². The van der Waals surface area contributed by atoms with Gasteiger partial charge in [0.2, 0.25) is 5.96 Å². The van der Waals surface area contributed by atoms with Gasteiger partial charge in [-0.3, -0.25) is 9.20 Å². The summed E-state index contributed by atoms with van der Waals surface area (Å²) < 4.78 is 3.33. The number of hydrogen-bond donors (Lipinski definition) is 2. The number of hydrogen-bond acceptors (Lipinski definition) is 3. The Balaban J connectivity index is 1.99. The van der Waals surface area contributed by atoms with Crippen LogP contribution in [0.5, 0.6) is 0 Å². The molecule has 3 rings (SSSR count). The van der Waals surface area contributed by atoms with E-state index in [4.69, 9.17) is 0 Å². The fourth-order valence-corrected chi connectivity index (χ4v) is 2.49. The van der Waals surface area contributed by atoms with E-state index in [9.17, 15) is 4.79 Å². The molecule has 0 saturated heterocycles. The van der Waals surface area contributed by atoms with Crippen LogP contribution in [0.3, 0.4) is 0 Å². The van der Waals surface area contributed by atoms with Gasteiger partial charge in [0.1, 0.15) is 6.33 Å². The fraction of sp³-hybridized carbons (Fsp3) is 0.278. The molecule has 0 atom stereocenters. The maximum atomic E-state index is 12.6. The standard InChI is InChI=1S/C18H22N6O/c1-12(2)20-18(21-14-8-6-5-7-9-14)22-16-15-17(25)23(4)13(3)10-24(15)11-19-16/h5-12H,1-4H3,(H2,20,21,22). The second-order valence-electron chi connectivity index (χ2n) is 6.17. The predicted molar refractivity (Wildman–Crippen MR) is 101 cm³/mol. The van der Waals surface area contributed by atoms with E-state index >= 15 is 0 Å². The summed E-state index contributed by atoms with van der Waals surface area (Å²) in [6.45, 7) is 5.86. The minimum absolute atomic E-state index is 0.0812. The molecule has 0 unspecified atom stereocenters. The van der Waals surface area contributed by atoms with Gasteiger partial charge in [-0.15, -0.1) is 0 Å². The van der Waals surface area contributed by atoms with E-state index in [1.807, 2.05) is 57.3 Å². The molecule has 0 aliphatic rings. The van der Waals surface area contributed by atoms with E-state index in [1.165, 1.54) is 0 Å². The lowest BCUT2D eigenvalue weighted by molar-refractivity contribution is 0.804. The molecule has 2 heterocycles. The molecule has 130 valence electrons. The van der Waals surface area contributed by atoms with Crippen LogP contribution in [0.4, 0.5) is 11.5 Å². The lowest BCUT2D eigenvalue weighted by Crippen LogP contribution is -2.26. The summed E-state index contributed by atoms with van der Waals surface area (Å²) in [4.78, 5) is 21.5. The predicted octanol–water partition coefficient (Wildman–Crippen LogP) is 2.63. The number of imidazole rings is 1. The van der Waals surface area contributed by atoms with E-state index in [1.54, 1.807) is 22.3 Å². The topological polar surface area (TPSA) is 75.7 Å².